The van der Waals surface area contributed by atoms with Gasteiger partial charge >= 0.3 is 0 Å². The van der Waals surface area contributed by atoms with Crippen molar-refractivity contribution in [3.05, 3.63) is 36.3 Å². The largest absolute Gasteiger partial charge is 0.339 e. The van der Waals surface area contributed by atoms with Crippen LogP contribution < -0.4 is 5.32 Å². The van der Waals surface area contributed by atoms with Gasteiger partial charge in [-0.25, -0.2) is 4.98 Å². The summed E-state index contributed by atoms with van der Waals surface area (Å²) < 4.78 is 1.91. The molecule has 0 atom stereocenters. The molecule has 0 aromatic carbocycles. The Bertz CT molecular complexity index is 677. The molecule has 2 fully saturated rings. The van der Waals surface area contributed by atoms with Crippen LogP contribution in [0.25, 0.3) is 5.65 Å². The molecule has 0 unspecified atom stereocenters. The van der Waals surface area contributed by atoms with Crippen LogP contribution in [-0.4, -0.2) is 46.4 Å². The molecule has 2 aliphatic rings. The number of fused-ring (bicyclic) bond motifs is 1. The number of hydrogen-bond donors (Lipinski definition) is 1. The molecule has 2 aliphatic heterocycles. The van der Waals surface area contributed by atoms with Gasteiger partial charge in [-0.05, 0) is 56.3 Å². The van der Waals surface area contributed by atoms with Gasteiger partial charge in [-0.1, -0.05) is 0 Å². The van der Waals surface area contributed by atoms with Crippen molar-refractivity contribution >= 4 is 11.6 Å². The van der Waals surface area contributed by atoms with Crippen molar-refractivity contribution < 1.29 is 4.79 Å². The molecule has 4 heterocycles. The lowest BCUT2D eigenvalue weighted by atomic mass is 9.71. The molecule has 5 nitrogen and oxygen atoms in total. The Hall–Kier alpha value is -1.88. The summed E-state index contributed by atoms with van der Waals surface area (Å²) >= 11 is 0. The summed E-state index contributed by atoms with van der Waals surface area (Å²) in [5.74, 6) is 0.152. The van der Waals surface area contributed by atoms with Crippen molar-refractivity contribution in [2.24, 2.45) is 5.41 Å². The van der Waals surface area contributed by atoms with E-state index >= 15 is 0 Å². The van der Waals surface area contributed by atoms with E-state index in [1.54, 1.807) is 6.20 Å². The molecule has 0 radical (unpaired) electrons. The SMILES string of the molecule is O=C(c1ccc2nccn2c1)N1CCC2(CCNCC2)CC1. The molecule has 0 aliphatic carbocycles. The zero-order chi connectivity index (χ0) is 15.0. The summed E-state index contributed by atoms with van der Waals surface area (Å²) in [6, 6.07) is 3.80. The summed E-state index contributed by atoms with van der Waals surface area (Å²) in [6.45, 7) is 4.04. The summed E-state index contributed by atoms with van der Waals surface area (Å²) in [5, 5.41) is 3.44. The summed E-state index contributed by atoms with van der Waals surface area (Å²) in [6.07, 6.45) is 10.3. The molecule has 4 rings (SSSR count). The average Bonchev–Trinajstić information content (AvgIpc) is 3.03. The number of nitrogens with one attached hydrogen (secondary N) is 1. The average molecular weight is 298 g/mol. The van der Waals surface area contributed by atoms with Crippen LogP contribution >= 0.6 is 0 Å². The molecule has 116 valence electrons. The molecule has 1 N–H and O–H groups in total. The van der Waals surface area contributed by atoms with Crippen LogP contribution in [0.3, 0.4) is 0 Å². The normalized spacial score (nSPS) is 21.4. The van der Waals surface area contributed by atoms with E-state index in [4.69, 9.17) is 0 Å². The Morgan fingerprint density at radius 1 is 1.14 bits per heavy atom. The van der Waals surface area contributed by atoms with E-state index in [0.717, 1.165) is 50.2 Å². The number of nitrogens with zero attached hydrogens (tertiary/aromatic N) is 3. The molecule has 2 aromatic heterocycles. The molecule has 2 saturated heterocycles. The zero-order valence-electron chi connectivity index (χ0n) is 12.8. The lowest BCUT2D eigenvalue weighted by Crippen LogP contribution is -2.47. The molecule has 1 spiro atoms. The highest BCUT2D eigenvalue weighted by Gasteiger charge is 2.36. The first-order chi connectivity index (χ1) is 10.8. The Balaban J connectivity index is 1.47. The monoisotopic (exact) mass is 298 g/mol. The highest BCUT2D eigenvalue weighted by atomic mass is 16.2. The predicted octanol–water partition coefficient (Wildman–Crippen LogP) is 1.94. The van der Waals surface area contributed by atoms with Crippen LogP contribution in [0, 0.1) is 5.41 Å². The van der Waals surface area contributed by atoms with Crippen LogP contribution in [0.4, 0.5) is 0 Å². The fraction of sp³-hybridized carbons (Fsp3) is 0.529. The van der Waals surface area contributed by atoms with Crippen molar-refractivity contribution in [3.8, 4) is 0 Å². The first-order valence-corrected chi connectivity index (χ1v) is 8.19. The van der Waals surface area contributed by atoms with Crippen molar-refractivity contribution in [1.82, 2.24) is 19.6 Å². The van der Waals surface area contributed by atoms with Gasteiger partial charge in [0.2, 0.25) is 0 Å². The van der Waals surface area contributed by atoms with Gasteiger partial charge in [-0.15, -0.1) is 0 Å². The second-order valence-corrected chi connectivity index (χ2v) is 6.65. The summed E-state index contributed by atoms with van der Waals surface area (Å²) in [7, 11) is 0. The second kappa shape index (κ2) is 5.39. The third-order valence-corrected chi connectivity index (χ3v) is 5.41. The number of aromatic nitrogens is 2. The third-order valence-electron chi connectivity index (χ3n) is 5.41. The number of pyridine rings is 1. The van der Waals surface area contributed by atoms with Crippen molar-refractivity contribution in [3.63, 3.8) is 0 Å². The van der Waals surface area contributed by atoms with Crippen LogP contribution in [0.5, 0.6) is 0 Å². The van der Waals surface area contributed by atoms with Gasteiger partial charge in [0.05, 0.1) is 5.56 Å². The lowest BCUT2D eigenvalue weighted by molar-refractivity contribution is 0.0495. The maximum Gasteiger partial charge on any atom is 0.255 e. The van der Waals surface area contributed by atoms with E-state index in [9.17, 15) is 4.79 Å². The van der Waals surface area contributed by atoms with Gasteiger partial charge in [0.25, 0.3) is 5.91 Å². The number of imidazole rings is 1. The summed E-state index contributed by atoms with van der Waals surface area (Å²) in [5.41, 5.74) is 2.12. The third kappa shape index (κ3) is 2.39. The first-order valence-electron chi connectivity index (χ1n) is 8.19. The van der Waals surface area contributed by atoms with Gasteiger partial charge in [0, 0.05) is 31.7 Å². The number of carbonyl (C=O) groups excluding carboxylic acids is 1. The van der Waals surface area contributed by atoms with E-state index in [-0.39, 0.29) is 5.91 Å². The van der Waals surface area contributed by atoms with Crippen LogP contribution in [0.2, 0.25) is 0 Å². The molecule has 0 saturated carbocycles. The van der Waals surface area contributed by atoms with Gasteiger partial charge in [-0.2, -0.15) is 0 Å². The summed E-state index contributed by atoms with van der Waals surface area (Å²) in [4.78, 5) is 19.0. The number of likely N-dealkylation sites (tertiary alicyclic amines) is 1. The second-order valence-electron chi connectivity index (χ2n) is 6.65. The van der Waals surface area contributed by atoms with Gasteiger partial charge in [0.1, 0.15) is 5.65 Å². The Morgan fingerprint density at radius 3 is 2.68 bits per heavy atom. The zero-order valence-corrected chi connectivity index (χ0v) is 12.8. The van der Waals surface area contributed by atoms with Crippen molar-refractivity contribution in [2.75, 3.05) is 26.2 Å². The molecule has 0 bridgehead atoms. The number of hydrogen-bond acceptors (Lipinski definition) is 3. The van der Waals surface area contributed by atoms with Gasteiger partial charge < -0.3 is 14.6 Å². The van der Waals surface area contributed by atoms with E-state index in [1.165, 1.54) is 12.8 Å². The van der Waals surface area contributed by atoms with Gasteiger partial charge in [0.15, 0.2) is 0 Å². The first kappa shape index (κ1) is 13.8. The number of piperidine rings is 2. The minimum Gasteiger partial charge on any atom is -0.339 e. The van der Waals surface area contributed by atoms with E-state index in [1.807, 2.05) is 33.8 Å². The molecule has 5 heteroatoms. The molecular weight excluding hydrogens is 276 g/mol. The minimum absolute atomic E-state index is 0.152. The highest BCUT2D eigenvalue weighted by Crippen LogP contribution is 2.39. The Kier molecular flexibility index (Phi) is 3.37. The van der Waals surface area contributed by atoms with Crippen molar-refractivity contribution in [2.45, 2.75) is 25.7 Å². The molecule has 22 heavy (non-hydrogen) atoms. The number of amides is 1. The van der Waals surface area contributed by atoms with Crippen molar-refractivity contribution in [1.29, 1.82) is 0 Å². The minimum atomic E-state index is 0.152. The number of carbonyl (C=O) groups is 1. The number of rotatable bonds is 1. The maximum atomic E-state index is 12.7. The predicted molar refractivity (Wildman–Crippen MR) is 84.9 cm³/mol. The fourth-order valence-corrected chi connectivity index (χ4v) is 3.87. The topological polar surface area (TPSA) is 49.6 Å². The van der Waals surface area contributed by atoms with Crippen LogP contribution in [0.15, 0.2) is 30.7 Å². The Morgan fingerprint density at radius 2 is 1.91 bits per heavy atom. The lowest BCUT2D eigenvalue weighted by Gasteiger charge is -2.44. The van der Waals surface area contributed by atoms with E-state index in [2.05, 4.69) is 10.3 Å². The molecular formula is C17H22N4O. The standard InChI is InChI=1S/C17H22N4O/c22-16(14-1-2-15-19-9-12-21(15)13-14)20-10-5-17(6-11-20)3-7-18-8-4-17/h1-2,9,12-13,18H,3-8,10-11H2. The molecule has 2 aromatic rings. The van der Waals surface area contributed by atoms with Crippen LogP contribution in [-0.2, 0) is 0 Å². The Labute approximate surface area is 130 Å². The smallest absolute Gasteiger partial charge is 0.255 e. The highest BCUT2D eigenvalue weighted by molar-refractivity contribution is 5.94. The van der Waals surface area contributed by atoms with E-state index < -0.39 is 0 Å². The quantitative estimate of drug-likeness (QED) is 0.875. The fourth-order valence-electron chi connectivity index (χ4n) is 3.87. The molecule has 1 amide bonds. The van der Waals surface area contributed by atoms with Crippen LogP contribution in [0.1, 0.15) is 36.0 Å². The maximum absolute atomic E-state index is 12.7. The van der Waals surface area contributed by atoms with E-state index in [0.29, 0.717) is 5.41 Å². The van der Waals surface area contributed by atoms with Gasteiger partial charge in [-0.3, -0.25) is 4.79 Å².